The highest BCUT2D eigenvalue weighted by molar-refractivity contribution is 5.90. The normalized spacial score (nSPS) is 16.3. The van der Waals surface area contributed by atoms with Crippen molar-refractivity contribution in [3.05, 3.63) is 58.4 Å². The summed E-state index contributed by atoms with van der Waals surface area (Å²) in [6.07, 6.45) is 0. The Labute approximate surface area is 130 Å². The Hall–Kier alpha value is -3.34. The molecule has 0 amide bonds. The van der Waals surface area contributed by atoms with Gasteiger partial charge in [0.05, 0.1) is 18.6 Å². The second kappa shape index (κ2) is 5.46. The largest absolute Gasteiger partial charge is 0.464 e. The van der Waals surface area contributed by atoms with E-state index in [-0.39, 0.29) is 34.2 Å². The maximum Gasteiger partial charge on any atom is 0.356 e. The van der Waals surface area contributed by atoms with Crippen molar-refractivity contribution in [3.8, 4) is 11.9 Å². The number of allylic oxidation sites excluding steroid dienone is 1. The monoisotopic (exact) mass is 314 g/mol. The molecule has 0 saturated carbocycles. The van der Waals surface area contributed by atoms with Crippen molar-refractivity contribution in [2.45, 2.75) is 5.92 Å². The van der Waals surface area contributed by atoms with Crippen LogP contribution in [0.3, 0.4) is 0 Å². The van der Waals surface area contributed by atoms with Gasteiger partial charge in [-0.25, -0.2) is 9.18 Å². The number of hydrogen-bond acceptors (Lipinski definition) is 6. The number of nitrogens with zero attached hydrogens (tertiary/aromatic N) is 2. The average Bonchev–Trinajstić information content (AvgIpc) is 2.97. The van der Waals surface area contributed by atoms with E-state index in [4.69, 9.17) is 10.5 Å². The quantitative estimate of drug-likeness (QED) is 0.813. The first-order valence-electron chi connectivity index (χ1n) is 6.57. The number of fused-ring (bicyclic) bond motifs is 1. The maximum absolute atomic E-state index is 14.3. The molecule has 2 heterocycles. The molecule has 0 spiro atoms. The van der Waals surface area contributed by atoms with E-state index in [0.717, 1.165) is 0 Å². The molecule has 0 saturated heterocycles. The van der Waals surface area contributed by atoms with Crippen LogP contribution in [-0.4, -0.2) is 23.3 Å². The molecule has 0 radical (unpaired) electrons. The molecule has 1 unspecified atom stereocenters. The third-order valence-electron chi connectivity index (χ3n) is 3.54. The molecule has 7 nitrogen and oxygen atoms in total. The summed E-state index contributed by atoms with van der Waals surface area (Å²) >= 11 is 0. The van der Waals surface area contributed by atoms with E-state index in [9.17, 15) is 14.4 Å². The average molecular weight is 314 g/mol. The minimum absolute atomic E-state index is 0.00541. The smallest absolute Gasteiger partial charge is 0.356 e. The van der Waals surface area contributed by atoms with Gasteiger partial charge in [0.1, 0.15) is 17.5 Å². The second-order valence-corrected chi connectivity index (χ2v) is 4.76. The Balaban J connectivity index is 2.29. The van der Waals surface area contributed by atoms with Crippen LogP contribution in [0.2, 0.25) is 0 Å². The second-order valence-electron chi connectivity index (χ2n) is 4.76. The lowest BCUT2D eigenvalue weighted by atomic mass is 9.83. The van der Waals surface area contributed by atoms with E-state index in [1.165, 1.54) is 25.3 Å². The Morgan fingerprint density at radius 1 is 1.52 bits per heavy atom. The molecule has 8 heteroatoms. The van der Waals surface area contributed by atoms with Crippen LogP contribution in [-0.2, 0) is 4.74 Å². The van der Waals surface area contributed by atoms with Crippen LogP contribution in [0.4, 0.5) is 4.39 Å². The fourth-order valence-corrected chi connectivity index (χ4v) is 2.52. The van der Waals surface area contributed by atoms with E-state index >= 15 is 0 Å². The molecule has 1 aromatic carbocycles. The van der Waals surface area contributed by atoms with Crippen molar-refractivity contribution >= 4 is 5.97 Å². The molecule has 1 atom stereocenters. The van der Waals surface area contributed by atoms with Gasteiger partial charge in [-0.2, -0.15) is 5.26 Å². The molecule has 0 aliphatic carbocycles. The van der Waals surface area contributed by atoms with Gasteiger partial charge < -0.3 is 15.2 Å². The van der Waals surface area contributed by atoms with Gasteiger partial charge in [0, 0.05) is 5.56 Å². The summed E-state index contributed by atoms with van der Waals surface area (Å²) in [7, 11) is 1.20. The number of carbonyl (C=O) groups excluding carboxylic acids is 1. The summed E-state index contributed by atoms with van der Waals surface area (Å²) in [4.78, 5) is 11.9. The molecule has 0 fully saturated rings. The summed E-state index contributed by atoms with van der Waals surface area (Å²) in [5, 5.41) is 15.7. The first-order chi connectivity index (χ1) is 11.1. The highest BCUT2D eigenvalue weighted by atomic mass is 19.1. The number of aromatic nitrogens is 2. The number of benzene rings is 1. The van der Waals surface area contributed by atoms with Crippen molar-refractivity contribution in [2.75, 3.05) is 7.11 Å². The highest BCUT2D eigenvalue weighted by Gasteiger charge is 2.38. The van der Waals surface area contributed by atoms with Crippen LogP contribution in [0.25, 0.3) is 0 Å². The minimum Gasteiger partial charge on any atom is -0.464 e. The highest BCUT2D eigenvalue weighted by Crippen LogP contribution is 2.43. The zero-order valence-electron chi connectivity index (χ0n) is 12.0. The molecule has 3 N–H and O–H groups in total. The zero-order chi connectivity index (χ0) is 16.6. The van der Waals surface area contributed by atoms with Crippen LogP contribution in [0.1, 0.15) is 27.5 Å². The van der Waals surface area contributed by atoms with Crippen LogP contribution in [0.15, 0.2) is 35.7 Å². The summed E-state index contributed by atoms with van der Waals surface area (Å²) in [5.41, 5.74) is 6.12. The molecule has 0 bridgehead atoms. The van der Waals surface area contributed by atoms with Gasteiger partial charge >= 0.3 is 5.97 Å². The molecule has 1 aromatic heterocycles. The fourth-order valence-electron chi connectivity index (χ4n) is 2.52. The van der Waals surface area contributed by atoms with Crippen LogP contribution in [0.5, 0.6) is 5.88 Å². The number of hydrogen-bond donors (Lipinski definition) is 2. The van der Waals surface area contributed by atoms with Crippen LogP contribution >= 0.6 is 0 Å². The molecular formula is C15H11FN4O3. The van der Waals surface area contributed by atoms with E-state index in [1.54, 1.807) is 6.07 Å². The van der Waals surface area contributed by atoms with E-state index < -0.39 is 17.7 Å². The number of nitriles is 1. The van der Waals surface area contributed by atoms with Crippen molar-refractivity contribution in [1.29, 1.82) is 5.26 Å². The predicted molar refractivity (Wildman–Crippen MR) is 75.6 cm³/mol. The lowest BCUT2D eigenvalue weighted by molar-refractivity contribution is 0.0592. The zero-order valence-corrected chi connectivity index (χ0v) is 12.0. The SMILES string of the molecule is COC(=O)c1[nH]nc2c1C(c1ccccc1F)C(C#N)=C(N)O2. The van der Waals surface area contributed by atoms with Crippen LogP contribution < -0.4 is 10.5 Å². The molecule has 116 valence electrons. The van der Waals surface area contributed by atoms with Gasteiger partial charge in [0.15, 0.2) is 5.69 Å². The van der Waals surface area contributed by atoms with Crippen LogP contribution in [0, 0.1) is 17.1 Å². The first-order valence-corrected chi connectivity index (χ1v) is 6.57. The molecule has 1 aliphatic rings. The van der Waals surface area contributed by atoms with Gasteiger partial charge in [-0.15, -0.1) is 5.10 Å². The third-order valence-corrected chi connectivity index (χ3v) is 3.54. The number of halogens is 1. The number of methoxy groups -OCH3 is 1. The number of nitrogens with one attached hydrogen (secondary N) is 1. The number of esters is 1. The number of carbonyl (C=O) groups is 1. The van der Waals surface area contributed by atoms with Gasteiger partial charge in [-0.1, -0.05) is 18.2 Å². The Morgan fingerprint density at radius 2 is 2.26 bits per heavy atom. The van der Waals surface area contributed by atoms with E-state index in [2.05, 4.69) is 14.9 Å². The standard InChI is InChI=1S/C15H11FN4O3/c1-22-15(21)12-11-10(7-4-2-3-5-9(7)16)8(6-17)13(18)23-14(11)20-19-12/h2-5,10H,18H2,1H3,(H,19,20). The van der Waals surface area contributed by atoms with Gasteiger partial charge in [-0.05, 0) is 6.07 Å². The molecule has 3 rings (SSSR count). The van der Waals surface area contributed by atoms with Crippen molar-refractivity contribution in [3.63, 3.8) is 0 Å². The Kier molecular flexibility index (Phi) is 3.46. The molecule has 23 heavy (non-hydrogen) atoms. The number of ether oxygens (including phenoxy) is 2. The lowest BCUT2D eigenvalue weighted by Crippen LogP contribution is -2.22. The third kappa shape index (κ3) is 2.19. The molecular weight excluding hydrogens is 303 g/mol. The molecule has 2 aromatic rings. The van der Waals surface area contributed by atoms with Gasteiger partial charge in [0.25, 0.3) is 0 Å². The van der Waals surface area contributed by atoms with E-state index in [0.29, 0.717) is 0 Å². The summed E-state index contributed by atoms with van der Waals surface area (Å²) in [6, 6.07) is 7.82. The summed E-state index contributed by atoms with van der Waals surface area (Å²) in [5.74, 6) is -2.34. The number of rotatable bonds is 2. The van der Waals surface area contributed by atoms with Crippen molar-refractivity contribution < 1.29 is 18.7 Å². The van der Waals surface area contributed by atoms with Crippen molar-refractivity contribution in [2.24, 2.45) is 5.73 Å². The summed E-state index contributed by atoms with van der Waals surface area (Å²) < 4.78 is 24.2. The first kappa shape index (κ1) is 14.6. The topological polar surface area (TPSA) is 114 Å². The number of nitrogens with two attached hydrogens (primary N) is 1. The minimum atomic E-state index is -0.919. The maximum atomic E-state index is 14.3. The number of H-pyrrole nitrogens is 1. The van der Waals surface area contributed by atoms with Gasteiger partial charge in [0.2, 0.25) is 11.8 Å². The van der Waals surface area contributed by atoms with Gasteiger partial charge in [-0.3, -0.25) is 5.10 Å². The Bertz CT molecular complexity index is 866. The Morgan fingerprint density at radius 3 is 2.91 bits per heavy atom. The van der Waals surface area contributed by atoms with E-state index in [1.807, 2.05) is 6.07 Å². The summed E-state index contributed by atoms with van der Waals surface area (Å²) in [6.45, 7) is 0. The predicted octanol–water partition coefficient (Wildman–Crippen LogP) is 1.55. The fraction of sp³-hybridized carbons (Fsp3) is 0.133. The molecule has 1 aliphatic heterocycles. The lowest BCUT2D eigenvalue weighted by Gasteiger charge is -2.23. The number of aromatic amines is 1. The van der Waals surface area contributed by atoms with Crippen molar-refractivity contribution in [1.82, 2.24) is 10.2 Å².